The Hall–Kier alpha value is -1.59. The molecule has 2 aromatic carbocycles. The Balaban J connectivity index is 1.75. The highest BCUT2D eigenvalue weighted by atomic mass is 35.5. The van der Waals surface area contributed by atoms with Crippen molar-refractivity contribution < 1.29 is 9.90 Å². The maximum Gasteiger partial charge on any atom is 0.227 e. The number of carbonyl (C=O) groups excluding carboxylic acids is 1. The number of β-amino-alcohol motifs (C(OH)–C–C–N with tert-alkyl or cyclic N) is 1. The molecule has 1 N–H and O–H groups in total. The van der Waals surface area contributed by atoms with Crippen molar-refractivity contribution in [3.63, 3.8) is 0 Å². The summed E-state index contributed by atoms with van der Waals surface area (Å²) >= 11 is 12.0. The summed E-state index contributed by atoms with van der Waals surface area (Å²) in [7, 11) is 1.84. The maximum absolute atomic E-state index is 12.9. The lowest BCUT2D eigenvalue weighted by Gasteiger charge is -2.32. The number of halogens is 2. The van der Waals surface area contributed by atoms with E-state index in [1.54, 1.807) is 17.0 Å². The average molecular weight is 407 g/mol. The van der Waals surface area contributed by atoms with Crippen LogP contribution in [-0.4, -0.2) is 53.6 Å². The normalized spacial score (nSPS) is 18.4. The summed E-state index contributed by atoms with van der Waals surface area (Å²) in [6.07, 6.45) is 0.764. The third kappa shape index (κ3) is 5.23. The van der Waals surface area contributed by atoms with Crippen LogP contribution in [0, 0.1) is 0 Å². The number of rotatable bonds is 6. The molecule has 3 rings (SSSR count). The quantitative estimate of drug-likeness (QED) is 0.792. The third-order valence-corrected chi connectivity index (χ3v) is 5.80. The molecular formula is C21H24Cl2N2O2. The number of nitrogens with zero attached hydrogens (tertiary/aromatic N) is 2. The fourth-order valence-corrected chi connectivity index (χ4v) is 3.79. The van der Waals surface area contributed by atoms with Crippen molar-refractivity contribution in [2.24, 2.45) is 0 Å². The van der Waals surface area contributed by atoms with E-state index < -0.39 is 0 Å². The molecule has 4 nitrogen and oxygen atoms in total. The van der Waals surface area contributed by atoms with Gasteiger partial charge in [0.2, 0.25) is 5.91 Å². The Morgan fingerprint density at radius 2 is 1.96 bits per heavy atom. The van der Waals surface area contributed by atoms with Crippen LogP contribution in [0.25, 0.3) is 0 Å². The minimum absolute atomic E-state index is 0.0157. The Bertz CT molecular complexity index is 785. The molecule has 1 unspecified atom stereocenters. The molecule has 0 bridgehead atoms. The SMILES string of the molecule is CN(C(=O)Cc1ccc(Cl)c(Cl)c1)C(CN1CC[C@H](O)C1)c1ccccc1. The van der Waals surface area contributed by atoms with E-state index in [4.69, 9.17) is 23.2 Å². The molecule has 0 saturated carbocycles. The van der Waals surface area contributed by atoms with Crippen LogP contribution in [0.5, 0.6) is 0 Å². The van der Waals surface area contributed by atoms with Gasteiger partial charge in [-0.15, -0.1) is 0 Å². The summed E-state index contributed by atoms with van der Waals surface area (Å²) in [4.78, 5) is 17.0. The average Bonchev–Trinajstić information content (AvgIpc) is 3.08. The van der Waals surface area contributed by atoms with Crippen molar-refractivity contribution in [2.75, 3.05) is 26.7 Å². The first kappa shape index (κ1) is 20.2. The Morgan fingerprint density at radius 1 is 1.22 bits per heavy atom. The molecule has 1 saturated heterocycles. The van der Waals surface area contributed by atoms with Gasteiger partial charge in [-0.25, -0.2) is 0 Å². The molecule has 0 spiro atoms. The Kier molecular flexibility index (Phi) is 6.77. The Morgan fingerprint density at radius 3 is 2.59 bits per heavy atom. The van der Waals surface area contributed by atoms with Crippen molar-refractivity contribution in [2.45, 2.75) is 25.0 Å². The summed E-state index contributed by atoms with van der Waals surface area (Å²) in [5.41, 5.74) is 1.92. The molecule has 1 amide bonds. The van der Waals surface area contributed by atoms with Gasteiger partial charge >= 0.3 is 0 Å². The molecule has 1 aliphatic rings. The summed E-state index contributed by atoms with van der Waals surface area (Å²) in [6.45, 7) is 2.20. The number of carbonyl (C=O) groups is 1. The van der Waals surface area contributed by atoms with Gasteiger partial charge in [-0.05, 0) is 29.7 Å². The lowest BCUT2D eigenvalue weighted by molar-refractivity contribution is -0.131. The summed E-state index contributed by atoms with van der Waals surface area (Å²) in [5.74, 6) is 0.0157. The molecule has 27 heavy (non-hydrogen) atoms. The molecule has 6 heteroatoms. The zero-order valence-electron chi connectivity index (χ0n) is 15.3. The number of aliphatic hydroxyl groups excluding tert-OH is 1. The molecule has 2 aromatic rings. The number of amides is 1. The van der Waals surface area contributed by atoms with Crippen molar-refractivity contribution in [3.05, 3.63) is 69.7 Å². The second-order valence-electron chi connectivity index (χ2n) is 7.06. The first-order chi connectivity index (χ1) is 12.9. The highest BCUT2D eigenvalue weighted by Gasteiger charge is 2.28. The van der Waals surface area contributed by atoms with E-state index in [1.807, 2.05) is 43.4 Å². The smallest absolute Gasteiger partial charge is 0.227 e. The number of hydrogen-bond acceptors (Lipinski definition) is 3. The zero-order valence-corrected chi connectivity index (χ0v) is 16.8. The molecule has 0 radical (unpaired) electrons. The van der Waals surface area contributed by atoms with Gasteiger partial charge in [0.25, 0.3) is 0 Å². The van der Waals surface area contributed by atoms with Gasteiger partial charge in [-0.1, -0.05) is 59.6 Å². The second kappa shape index (κ2) is 9.07. The first-order valence-corrected chi connectivity index (χ1v) is 9.84. The fourth-order valence-electron chi connectivity index (χ4n) is 3.47. The molecule has 1 heterocycles. The molecule has 1 fully saturated rings. The van der Waals surface area contributed by atoms with Crippen LogP contribution in [0.2, 0.25) is 10.0 Å². The van der Waals surface area contributed by atoms with Crippen molar-refractivity contribution in [1.82, 2.24) is 9.80 Å². The molecule has 144 valence electrons. The first-order valence-electron chi connectivity index (χ1n) is 9.09. The van der Waals surface area contributed by atoms with Gasteiger partial charge in [0.05, 0.1) is 28.6 Å². The van der Waals surface area contributed by atoms with E-state index in [0.29, 0.717) is 23.1 Å². The minimum atomic E-state index is -0.279. The molecule has 0 aliphatic carbocycles. The zero-order chi connectivity index (χ0) is 19.4. The highest BCUT2D eigenvalue weighted by Crippen LogP contribution is 2.26. The summed E-state index contributed by atoms with van der Waals surface area (Å²) in [5, 5.41) is 10.8. The molecule has 2 atom stereocenters. The van der Waals surface area contributed by atoms with Gasteiger partial charge in [0.15, 0.2) is 0 Å². The minimum Gasteiger partial charge on any atom is -0.392 e. The van der Waals surface area contributed by atoms with E-state index in [-0.39, 0.29) is 24.5 Å². The summed E-state index contributed by atoms with van der Waals surface area (Å²) in [6, 6.07) is 15.2. The predicted octanol–water partition coefficient (Wildman–Crippen LogP) is 3.80. The number of likely N-dealkylation sites (tertiary alicyclic amines) is 1. The van der Waals surface area contributed by atoms with Crippen molar-refractivity contribution >= 4 is 29.1 Å². The van der Waals surface area contributed by atoms with Gasteiger partial charge in [0.1, 0.15) is 0 Å². The van der Waals surface area contributed by atoms with E-state index in [0.717, 1.165) is 24.1 Å². The van der Waals surface area contributed by atoms with Gasteiger partial charge in [-0.3, -0.25) is 9.69 Å². The number of hydrogen-bond donors (Lipinski definition) is 1. The van der Waals surface area contributed by atoms with Crippen LogP contribution in [-0.2, 0) is 11.2 Å². The van der Waals surface area contributed by atoms with Crippen molar-refractivity contribution in [1.29, 1.82) is 0 Å². The fraction of sp³-hybridized carbons (Fsp3) is 0.381. The highest BCUT2D eigenvalue weighted by molar-refractivity contribution is 6.42. The van der Waals surface area contributed by atoms with E-state index in [2.05, 4.69) is 4.90 Å². The van der Waals surface area contributed by atoms with Crippen LogP contribution in [0.3, 0.4) is 0 Å². The molecule has 0 aromatic heterocycles. The number of benzene rings is 2. The maximum atomic E-state index is 12.9. The van der Waals surface area contributed by atoms with Gasteiger partial charge in [0, 0.05) is 26.7 Å². The molecular weight excluding hydrogens is 383 g/mol. The lowest BCUT2D eigenvalue weighted by atomic mass is 10.0. The van der Waals surface area contributed by atoms with E-state index in [1.165, 1.54) is 0 Å². The number of likely N-dealkylation sites (N-methyl/N-ethyl adjacent to an activating group) is 1. The van der Waals surface area contributed by atoms with E-state index >= 15 is 0 Å². The standard InChI is InChI=1S/C21H24Cl2N2O2/c1-24(21(27)12-15-7-8-18(22)19(23)11-15)20(16-5-3-2-4-6-16)14-25-10-9-17(26)13-25/h2-8,11,17,20,26H,9-10,12-14H2,1H3/t17-,20?/m0/s1. The van der Waals surface area contributed by atoms with Crippen LogP contribution >= 0.6 is 23.2 Å². The predicted molar refractivity (Wildman–Crippen MR) is 109 cm³/mol. The van der Waals surface area contributed by atoms with Crippen LogP contribution in [0.4, 0.5) is 0 Å². The number of aliphatic hydroxyl groups is 1. The summed E-state index contributed by atoms with van der Waals surface area (Å²) < 4.78 is 0. The van der Waals surface area contributed by atoms with Gasteiger partial charge in [-0.2, -0.15) is 0 Å². The second-order valence-corrected chi connectivity index (χ2v) is 7.87. The van der Waals surface area contributed by atoms with Gasteiger partial charge < -0.3 is 10.0 Å². The topological polar surface area (TPSA) is 43.8 Å². The Labute approximate surface area is 170 Å². The van der Waals surface area contributed by atoms with Crippen LogP contribution in [0.15, 0.2) is 48.5 Å². The van der Waals surface area contributed by atoms with Crippen LogP contribution < -0.4 is 0 Å². The largest absolute Gasteiger partial charge is 0.392 e. The monoisotopic (exact) mass is 406 g/mol. The lowest BCUT2D eigenvalue weighted by Crippen LogP contribution is -2.39. The van der Waals surface area contributed by atoms with Crippen molar-refractivity contribution in [3.8, 4) is 0 Å². The van der Waals surface area contributed by atoms with Crippen LogP contribution in [0.1, 0.15) is 23.6 Å². The van der Waals surface area contributed by atoms with E-state index in [9.17, 15) is 9.90 Å². The molecule has 1 aliphatic heterocycles. The third-order valence-electron chi connectivity index (χ3n) is 5.06.